The van der Waals surface area contributed by atoms with Crippen LogP contribution in [0.15, 0.2) is 48.5 Å². The Morgan fingerprint density at radius 3 is 2.27 bits per heavy atom. The van der Waals surface area contributed by atoms with Crippen LogP contribution in [0.5, 0.6) is 0 Å². The van der Waals surface area contributed by atoms with Crippen LogP contribution < -0.4 is 11.1 Å². The first-order chi connectivity index (χ1) is 10.5. The molecule has 22 heavy (non-hydrogen) atoms. The minimum absolute atomic E-state index is 0.0279. The Labute approximate surface area is 132 Å². The summed E-state index contributed by atoms with van der Waals surface area (Å²) in [6.45, 7) is 0.0279. The summed E-state index contributed by atoms with van der Waals surface area (Å²) in [7, 11) is 0. The quantitative estimate of drug-likeness (QED) is 0.786. The second kappa shape index (κ2) is 7.06. The van der Waals surface area contributed by atoms with Crippen LogP contribution in [0.1, 0.15) is 32.4 Å². The van der Waals surface area contributed by atoms with Crippen molar-refractivity contribution in [2.75, 3.05) is 6.54 Å². The number of nitrogens with two attached hydrogens (primary N) is 1. The Morgan fingerprint density at radius 2 is 1.68 bits per heavy atom. The van der Waals surface area contributed by atoms with Gasteiger partial charge >= 0.3 is 0 Å². The summed E-state index contributed by atoms with van der Waals surface area (Å²) in [4.78, 5) is 22.9. The largest absolute Gasteiger partial charge is 0.387 e. The van der Waals surface area contributed by atoms with E-state index in [-0.39, 0.29) is 12.5 Å². The first-order valence-corrected chi connectivity index (χ1v) is 6.97. The molecule has 0 aliphatic carbocycles. The highest BCUT2D eigenvalue weighted by Crippen LogP contribution is 2.21. The van der Waals surface area contributed by atoms with E-state index in [1.165, 1.54) is 24.3 Å². The van der Waals surface area contributed by atoms with Crippen LogP contribution in [0.4, 0.5) is 0 Å². The minimum atomic E-state index is -0.900. The number of primary amides is 1. The molecule has 0 aliphatic heterocycles. The minimum Gasteiger partial charge on any atom is -0.387 e. The lowest BCUT2D eigenvalue weighted by atomic mass is 10.1. The molecule has 6 heteroatoms. The summed E-state index contributed by atoms with van der Waals surface area (Å²) in [6.07, 6.45) is -0.900. The second-order valence-corrected chi connectivity index (χ2v) is 5.10. The van der Waals surface area contributed by atoms with E-state index in [2.05, 4.69) is 5.32 Å². The fraction of sp³-hybridized carbons (Fsp3) is 0.125. The summed E-state index contributed by atoms with van der Waals surface area (Å²) >= 11 is 5.98. The van der Waals surface area contributed by atoms with E-state index in [9.17, 15) is 14.7 Å². The average molecular weight is 319 g/mol. The third kappa shape index (κ3) is 3.84. The van der Waals surface area contributed by atoms with Crippen molar-refractivity contribution in [1.82, 2.24) is 5.32 Å². The van der Waals surface area contributed by atoms with Gasteiger partial charge in [0.1, 0.15) is 0 Å². The standard InChI is InChI=1S/C16H15ClN2O3/c17-13-4-2-1-3-12(13)14(20)9-19-16(22)11-7-5-10(6-8-11)15(18)21/h1-8,14,20H,9H2,(H2,18,21)(H,19,22). The molecule has 2 rings (SSSR count). The van der Waals surface area contributed by atoms with Gasteiger partial charge in [-0.1, -0.05) is 29.8 Å². The average Bonchev–Trinajstić information content (AvgIpc) is 2.52. The molecule has 0 saturated carbocycles. The molecule has 4 N–H and O–H groups in total. The molecule has 0 fully saturated rings. The van der Waals surface area contributed by atoms with Crippen molar-refractivity contribution in [1.29, 1.82) is 0 Å². The zero-order valence-electron chi connectivity index (χ0n) is 11.6. The van der Waals surface area contributed by atoms with Crippen molar-refractivity contribution in [2.24, 2.45) is 5.73 Å². The Kier molecular flexibility index (Phi) is 5.14. The number of aliphatic hydroxyl groups is 1. The number of hydrogen-bond donors (Lipinski definition) is 3. The Hall–Kier alpha value is -2.37. The van der Waals surface area contributed by atoms with Gasteiger partial charge in [0.2, 0.25) is 5.91 Å². The van der Waals surface area contributed by atoms with Gasteiger partial charge in [-0.3, -0.25) is 9.59 Å². The van der Waals surface area contributed by atoms with Gasteiger partial charge in [0.05, 0.1) is 6.10 Å². The van der Waals surface area contributed by atoms with Crippen LogP contribution in [0.25, 0.3) is 0 Å². The zero-order chi connectivity index (χ0) is 16.1. The number of amides is 2. The molecule has 2 aromatic rings. The summed E-state index contributed by atoms with van der Waals surface area (Å²) in [5.74, 6) is -0.914. The van der Waals surface area contributed by atoms with E-state index in [1.807, 2.05) is 0 Å². The maximum atomic E-state index is 12.0. The van der Waals surface area contributed by atoms with E-state index in [4.69, 9.17) is 17.3 Å². The third-order valence-electron chi connectivity index (χ3n) is 3.15. The van der Waals surface area contributed by atoms with Crippen LogP contribution in [-0.2, 0) is 0 Å². The third-order valence-corrected chi connectivity index (χ3v) is 3.50. The number of hydrogen-bond acceptors (Lipinski definition) is 3. The van der Waals surface area contributed by atoms with E-state index >= 15 is 0 Å². The van der Waals surface area contributed by atoms with E-state index in [1.54, 1.807) is 24.3 Å². The van der Waals surface area contributed by atoms with Crippen LogP contribution in [0.3, 0.4) is 0 Å². The number of nitrogens with one attached hydrogen (secondary N) is 1. The van der Waals surface area contributed by atoms with Gasteiger partial charge < -0.3 is 16.2 Å². The highest BCUT2D eigenvalue weighted by atomic mass is 35.5. The van der Waals surface area contributed by atoms with Gasteiger partial charge in [0, 0.05) is 28.3 Å². The van der Waals surface area contributed by atoms with Crippen LogP contribution in [0.2, 0.25) is 5.02 Å². The molecule has 5 nitrogen and oxygen atoms in total. The molecule has 114 valence electrons. The molecule has 0 aromatic heterocycles. The molecular formula is C16H15ClN2O3. The molecule has 1 atom stereocenters. The van der Waals surface area contributed by atoms with Crippen molar-refractivity contribution in [3.63, 3.8) is 0 Å². The number of rotatable bonds is 5. The Bertz CT molecular complexity index is 686. The highest BCUT2D eigenvalue weighted by molar-refractivity contribution is 6.31. The van der Waals surface area contributed by atoms with Crippen LogP contribution >= 0.6 is 11.6 Å². The molecule has 0 bridgehead atoms. The van der Waals surface area contributed by atoms with Crippen molar-refractivity contribution in [3.05, 3.63) is 70.2 Å². The predicted molar refractivity (Wildman–Crippen MR) is 83.7 cm³/mol. The molecule has 0 aliphatic rings. The molecular weight excluding hydrogens is 304 g/mol. The number of carbonyl (C=O) groups is 2. The van der Waals surface area contributed by atoms with Crippen molar-refractivity contribution in [3.8, 4) is 0 Å². The topological polar surface area (TPSA) is 92.4 Å². The maximum absolute atomic E-state index is 12.0. The molecule has 1 unspecified atom stereocenters. The van der Waals surface area contributed by atoms with Crippen LogP contribution in [0, 0.1) is 0 Å². The maximum Gasteiger partial charge on any atom is 0.251 e. The molecule has 0 saturated heterocycles. The van der Waals surface area contributed by atoms with Gasteiger partial charge in [-0.05, 0) is 30.3 Å². The first kappa shape index (κ1) is 16.0. The summed E-state index contributed by atoms with van der Waals surface area (Å²) in [5, 5.41) is 13.1. The van der Waals surface area contributed by atoms with E-state index in [0.717, 1.165) is 0 Å². The van der Waals surface area contributed by atoms with Crippen molar-refractivity contribution >= 4 is 23.4 Å². The zero-order valence-corrected chi connectivity index (χ0v) is 12.4. The van der Waals surface area contributed by atoms with Crippen molar-refractivity contribution in [2.45, 2.75) is 6.10 Å². The lowest BCUT2D eigenvalue weighted by molar-refractivity contribution is 0.0915. The lowest BCUT2D eigenvalue weighted by Gasteiger charge is -2.13. The fourth-order valence-electron chi connectivity index (χ4n) is 1.93. The SMILES string of the molecule is NC(=O)c1ccc(C(=O)NCC(O)c2ccccc2Cl)cc1. The number of halogens is 1. The van der Waals surface area contributed by atoms with Crippen molar-refractivity contribution < 1.29 is 14.7 Å². The van der Waals surface area contributed by atoms with Gasteiger partial charge in [-0.25, -0.2) is 0 Å². The smallest absolute Gasteiger partial charge is 0.251 e. The predicted octanol–water partition coefficient (Wildman–Crippen LogP) is 1.90. The number of benzene rings is 2. The fourth-order valence-corrected chi connectivity index (χ4v) is 2.19. The van der Waals surface area contributed by atoms with E-state index < -0.39 is 12.0 Å². The number of aliphatic hydroxyl groups excluding tert-OH is 1. The van der Waals surface area contributed by atoms with Gasteiger partial charge in [0.25, 0.3) is 5.91 Å². The number of carbonyl (C=O) groups excluding carboxylic acids is 2. The first-order valence-electron chi connectivity index (χ1n) is 6.59. The molecule has 0 radical (unpaired) electrons. The lowest BCUT2D eigenvalue weighted by Crippen LogP contribution is -2.28. The van der Waals surface area contributed by atoms with E-state index in [0.29, 0.717) is 21.7 Å². The summed E-state index contributed by atoms with van der Waals surface area (Å²) in [5.41, 5.74) is 6.38. The Morgan fingerprint density at radius 1 is 1.09 bits per heavy atom. The van der Waals surface area contributed by atoms with Gasteiger partial charge in [0.15, 0.2) is 0 Å². The summed E-state index contributed by atoms with van der Waals surface area (Å²) in [6, 6.07) is 12.8. The summed E-state index contributed by atoms with van der Waals surface area (Å²) < 4.78 is 0. The van der Waals surface area contributed by atoms with Gasteiger partial charge in [-0.2, -0.15) is 0 Å². The molecule has 2 aromatic carbocycles. The van der Waals surface area contributed by atoms with Gasteiger partial charge in [-0.15, -0.1) is 0 Å². The monoisotopic (exact) mass is 318 g/mol. The normalized spacial score (nSPS) is 11.7. The second-order valence-electron chi connectivity index (χ2n) is 4.69. The molecule has 0 heterocycles. The van der Waals surface area contributed by atoms with Crippen LogP contribution in [-0.4, -0.2) is 23.5 Å². The molecule has 2 amide bonds. The molecule has 0 spiro atoms. The highest BCUT2D eigenvalue weighted by Gasteiger charge is 2.13. The Balaban J connectivity index is 1.98.